The highest BCUT2D eigenvalue weighted by atomic mass is 19.1. The van der Waals surface area contributed by atoms with E-state index in [0.29, 0.717) is 6.54 Å². The second kappa shape index (κ2) is 3.71. The van der Waals surface area contributed by atoms with E-state index in [1.54, 1.807) is 0 Å². The van der Waals surface area contributed by atoms with E-state index < -0.39 is 6.17 Å². The summed E-state index contributed by atoms with van der Waals surface area (Å²) in [6.07, 6.45) is -0.524. The fourth-order valence-corrected chi connectivity index (χ4v) is 1.81. The SMILES string of the molecule is CC(C)O[C@@H](C)[C@@H]1C(F)CN1C. The van der Waals surface area contributed by atoms with Gasteiger partial charge in [-0.3, -0.25) is 4.90 Å². The fourth-order valence-electron chi connectivity index (χ4n) is 1.81. The second-order valence-corrected chi connectivity index (χ2v) is 3.84. The van der Waals surface area contributed by atoms with Crippen molar-refractivity contribution < 1.29 is 9.13 Å². The van der Waals surface area contributed by atoms with E-state index in [9.17, 15) is 4.39 Å². The molecule has 1 aliphatic heterocycles. The molecule has 1 rings (SSSR count). The minimum Gasteiger partial charge on any atom is -0.374 e. The first kappa shape index (κ1) is 9.93. The molecule has 0 spiro atoms. The number of ether oxygens (including phenoxy) is 1. The molecule has 1 aliphatic rings. The predicted molar refractivity (Wildman–Crippen MR) is 47.0 cm³/mol. The van der Waals surface area contributed by atoms with Crippen LogP contribution in [0.5, 0.6) is 0 Å². The van der Waals surface area contributed by atoms with Gasteiger partial charge in [-0.15, -0.1) is 0 Å². The highest BCUT2D eigenvalue weighted by Gasteiger charge is 2.40. The van der Waals surface area contributed by atoms with Crippen LogP contribution in [0.15, 0.2) is 0 Å². The zero-order valence-corrected chi connectivity index (χ0v) is 8.25. The van der Waals surface area contributed by atoms with Crippen molar-refractivity contribution in [1.82, 2.24) is 4.90 Å². The molecule has 12 heavy (non-hydrogen) atoms. The molecule has 0 aromatic rings. The van der Waals surface area contributed by atoms with Gasteiger partial charge in [-0.1, -0.05) is 0 Å². The Balaban J connectivity index is 2.35. The van der Waals surface area contributed by atoms with Crippen LogP contribution in [0, 0.1) is 0 Å². The maximum atomic E-state index is 13.0. The molecule has 0 radical (unpaired) electrons. The van der Waals surface area contributed by atoms with Gasteiger partial charge in [-0.2, -0.15) is 0 Å². The number of rotatable bonds is 3. The topological polar surface area (TPSA) is 12.5 Å². The van der Waals surface area contributed by atoms with Gasteiger partial charge in [-0.25, -0.2) is 4.39 Å². The normalized spacial score (nSPS) is 33.5. The van der Waals surface area contributed by atoms with E-state index >= 15 is 0 Å². The molecule has 0 amide bonds. The van der Waals surface area contributed by atoms with E-state index in [1.807, 2.05) is 32.7 Å². The van der Waals surface area contributed by atoms with Gasteiger partial charge < -0.3 is 4.74 Å². The van der Waals surface area contributed by atoms with Crippen molar-refractivity contribution in [1.29, 1.82) is 0 Å². The third kappa shape index (κ3) is 1.96. The molecule has 0 aliphatic carbocycles. The number of alkyl halides is 1. The van der Waals surface area contributed by atoms with Crippen LogP contribution >= 0.6 is 0 Å². The van der Waals surface area contributed by atoms with Gasteiger partial charge in [0.1, 0.15) is 6.17 Å². The molecule has 1 fully saturated rings. The van der Waals surface area contributed by atoms with Crippen LogP contribution in [0.3, 0.4) is 0 Å². The molecule has 1 unspecified atom stereocenters. The molecule has 0 N–H and O–H groups in total. The standard InChI is InChI=1S/C9H18FNO/c1-6(2)12-7(3)9-8(10)5-11(9)4/h6-9H,5H2,1-4H3/t7-,8?,9+/m0/s1. The van der Waals surface area contributed by atoms with Gasteiger partial charge in [0.2, 0.25) is 0 Å². The second-order valence-electron chi connectivity index (χ2n) is 3.84. The summed E-state index contributed by atoms with van der Waals surface area (Å²) in [6.45, 7) is 6.44. The molecule has 3 atom stereocenters. The third-order valence-corrected chi connectivity index (χ3v) is 2.31. The van der Waals surface area contributed by atoms with Crippen molar-refractivity contribution in [2.24, 2.45) is 0 Å². The Morgan fingerprint density at radius 1 is 1.42 bits per heavy atom. The van der Waals surface area contributed by atoms with Gasteiger partial charge in [0.15, 0.2) is 0 Å². The van der Waals surface area contributed by atoms with Crippen molar-refractivity contribution in [3.05, 3.63) is 0 Å². The maximum Gasteiger partial charge on any atom is 0.131 e. The Labute approximate surface area is 73.7 Å². The zero-order chi connectivity index (χ0) is 9.30. The highest BCUT2D eigenvalue weighted by Crippen LogP contribution is 2.24. The molecular weight excluding hydrogens is 157 g/mol. The van der Waals surface area contributed by atoms with Crippen molar-refractivity contribution in [2.45, 2.75) is 45.2 Å². The summed E-state index contributed by atoms with van der Waals surface area (Å²) in [5, 5.41) is 0. The summed E-state index contributed by atoms with van der Waals surface area (Å²) in [4.78, 5) is 2.00. The van der Waals surface area contributed by atoms with Gasteiger partial charge in [0.05, 0.1) is 18.2 Å². The fraction of sp³-hybridized carbons (Fsp3) is 1.00. The van der Waals surface area contributed by atoms with E-state index in [2.05, 4.69) is 0 Å². The molecule has 3 heteroatoms. The van der Waals surface area contributed by atoms with E-state index in [-0.39, 0.29) is 18.2 Å². The van der Waals surface area contributed by atoms with Crippen LogP contribution in [0.25, 0.3) is 0 Å². The minimum absolute atomic E-state index is 0.00116. The Morgan fingerprint density at radius 2 is 2.00 bits per heavy atom. The lowest BCUT2D eigenvalue weighted by Crippen LogP contribution is -2.61. The number of likely N-dealkylation sites (N-methyl/N-ethyl adjacent to an activating group) is 1. The van der Waals surface area contributed by atoms with E-state index in [4.69, 9.17) is 4.74 Å². The Hall–Kier alpha value is -0.150. The van der Waals surface area contributed by atoms with Gasteiger partial charge in [0, 0.05) is 6.54 Å². The van der Waals surface area contributed by atoms with Crippen LogP contribution in [0.1, 0.15) is 20.8 Å². The third-order valence-electron chi connectivity index (χ3n) is 2.31. The molecular formula is C9H18FNO. The summed E-state index contributed by atoms with van der Waals surface area (Å²) in [5.74, 6) is 0. The monoisotopic (exact) mass is 175 g/mol. The average molecular weight is 175 g/mol. The average Bonchev–Trinajstić information content (AvgIpc) is 1.83. The summed E-state index contributed by atoms with van der Waals surface area (Å²) in [5.41, 5.74) is 0. The first-order valence-corrected chi connectivity index (χ1v) is 4.52. The van der Waals surface area contributed by atoms with Crippen molar-refractivity contribution in [3.8, 4) is 0 Å². The number of hydrogen-bond donors (Lipinski definition) is 0. The Kier molecular flexibility index (Phi) is 3.07. The molecule has 2 nitrogen and oxygen atoms in total. The van der Waals surface area contributed by atoms with Gasteiger partial charge in [0.25, 0.3) is 0 Å². The molecule has 0 aromatic carbocycles. The quantitative estimate of drug-likeness (QED) is 0.643. The Morgan fingerprint density at radius 3 is 2.33 bits per heavy atom. The molecule has 0 saturated carbocycles. The van der Waals surface area contributed by atoms with Crippen LogP contribution in [0.2, 0.25) is 0 Å². The van der Waals surface area contributed by atoms with Gasteiger partial charge >= 0.3 is 0 Å². The number of hydrogen-bond acceptors (Lipinski definition) is 2. The van der Waals surface area contributed by atoms with Crippen LogP contribution in [-0.2, 0) is 4.74 Å². The lowest BCUT2D eigenvalue weighted by molar-refractivity contribution is -0.101. The molecule has 1 heterocycles. The summed E-state index contributed by atoms with van der Waals surface area (Å²) < 4.78 is 18.5. The lowest BCUT2D eigenvalue weighted by Gasteiger charge is -2.44. The first-order valence-electron chi connectivity index (χ1n) is 4.52. The Bertz CT molecular complexity index is 143. The van der Waals surface area contributed by atoms with Crippen LogP contribution < -0.4 is 0 Å². The largest absolute Gasteiger partial charge is 0.374 e. The smallest absolute Gasteiger partial charge is 0.131 e. The van der Waals surface area contributed by atoms with Crippen molar-refractivity contribution >= 4 is 0 Å². The maximum absolute atomic E-state index is 13.0. The number of halogens is 1. The number of nitrogens with zero attached hydrogens (tertiary/aromatic N) is 1. The molecule has 72 valence electrons. The predicted octanol–water partition coefficient (Wildman–Crippen LogP) is 1.45. The van der Waals surface area contributed by atoms with Crippen LogP contribution in [-0.4, -0.2) is 42.9 Å². The van der Waals surface area contributed by atoms with E-state index in [1.165, 1.54) is 0 Å². The highest BCUT2D eigenvalue weighted by molar-refractivity contribution is 4.94. The lowest BCUT2D eigenvalue weighted by atomic mass is 9.97. The first-order chi connectivity index (χ1) is 5.52. The van der Waals surface area contributed by atoms with E-state index in [0.717, 1.165) is 0 Å². The van der Waals surface area contributed by atoms with Crippen molar-refractivity contribution in [2.75, 3.05) is 13.6 Å². The molecule has 0 bridgehead atoms. The summed E-state index contributed by atoms with van der Waals surface area (Å²) in [7, 11) is 1.93. The summed E-state index contributed by atoms with van der Waals surface area (Å²) in [6, 6.07) is -0.0348. The molecule has 1 saturated heterocycles. The molecule has 0 aromatic heterocycles. The minimum atomic E-state index is -0.705. The zero-order valence-electron chi connectivity index (χ0n) is 8.25. The summed E-state index contributed by atoms with van der Waals surface area (Å²) >= 11 is 0. The van der Waals surface area contributed by atoms with Gasteiger partial charge in [-0.05, 0) is 27.8 Å². The number of likely N-dealkylation sites (tertiary alicyclic amines) is 1. The van der Waals surface area contributed by atoms with Crippen LogP contribution in [0.4, 0.5) is 4.39 Å². The van der Waals surface area contributed by atoms with Crippen molar-refractivity contribution in [3.63, 3.8) is 0 Å².